The van der Waals surface area contributed by atoms with Gasteiger partial charge in [-0.15, -0.1) is 11.3 Å². The SMILES string of the molecule is CC(Nc1sc(C#N)c(N)c1S(C)(=O)=O)c1ccncc1. The van der Waals surface area contributed by atoms with Gasteiger partial charge in [0, 0.05) is 24.7 Å². The van der Waals surface area contributed by atoms with Gasteiger partial charge >= 0.3 is 0 Å². The van der Waals surface area contributed by atoms with Crippen LogP contribution in [0.5, 0.6) is 0 Å². The van der Waals surface area contributed by atoms with Gasteiger partial charge in [0.25, 0.3) is 0 Å². The summed E-state index contributed by atoms with van der Waals surface area (Å²) in [4.78, 5) is 4.12. The van der Waals surface area contributed by atoms with E-state index in [1.807, 2.05) is 25.1 Å². The normalized spacial score (nSPS) is 12.6. The van der Waals surface area contributed by atoms with Gasteiger partial charge < -0.3 is 11.1 Å². The Balaban J connectivity index is 2.44. The van der Waals surface area contributed by atoms with Crippen molar-refractivity contribution < 1.29 is 8.42 Å². The monoisotopic (exact) mass is 322 g/mol. The molecule has 0 aliphatic heterocycles. The second-order valence-corrected chi connectivity index (χ2v) is 7.51. The van der Waals surface area contributed by atoms with Crippen LogP contribution in [-0.4, -0.2) is 19.7 Å². The molecule has 0 aliphatic carbocycles. The minimum absolute atomic E-state index is 0.00873. The molecule has 0 aromatic carbocycles. The average Bonchev–Trinajstić information content (AvgIpc) is 2.75. The molecule has 8 heteroatoms. The summed E-state index contributed by atoms with van der Waals surface area (Å²) in [6.07, 6.45) is 4.40. The lowest BCUT2D eigenvalue weighted by Crippen LogP contribution is -2.09. The lowest BCUT2D eigenvalue weighted by atomic mass is 10.1. The van der Waals surface area contributed by atoms with Gasteiger partial charge in [-0.3, -0.25) is 4.98 Å². The third-order valence-corrected chi connectivity index (χ3v) is 5.26. The molecule has 0 saturated carbocycles. The second kappa shape index (κ2) is 5.71. The van der Waals surface area contributed by atoms with Crippen LogP contribution in [0.3, 0.4) is 0 Å². The molecule has 2 aromatic rings. The van der Waals surface area contributed by atoms with Gasteiger partial charge in [0.1, 0.15) is 20.8 Å². The summed E-state index contributed by atoms with van der Waals surface area (Å²) < 4.78 is 23.8. The number of pyridine rings is 1. The summed E-state index contributed by atoms with van der Waals surface area (Å²) in [6.45, 7) is 1.89. The maximum absolute atomic E-state index is 11.9. The van der Waals surface area contributed by atoms with E-state index in [-0.39, 0.29) is 21.5 Å². The van der Waals surface area contributed by atoms with Crippen LogP contribution >= 0.6 is 11.3 Å². The highest BCUT2D eigenvalue weighted by molar-refractivity contribution is 7.91. The van der Waals surface area contributed by atoms with Crippen molar-refractivity contribution in [2.45, 2.75) is 17.9 Å². The van der Waals surface area contributed by atoms with Gasteiger partial charge in [-0.2, -0.15) is 5.26 Å². The molecular weight excluding hydrogens is 308 g/mol. The van der Waals surface area contributed by atoms with Crippen LogP contribution in [0.1, 0.15) is 23.4 Å². The molecule has 0 aliphatic rings. The number of sulfone groups is 1. The minimum Gasteiger partial charge on any atom is -0.396 e. The van der Waals surface area contributed by atoms with Crippen molar-refractivity contribution in [3.8, 4) is 6.07 Å². The summed E-state index contributed by atoms with van der Waals surface area (Å²) >= 11 is 1.04. The molecule has 0 bridgehead atoms. The molecule has 0 saturated heterocycles. The van der Waals surface area contributed by atoms with E-state index in [4.69, 9.17) is 11.0 Å². The molecule has 0 amide bonds. The standard InChI is InChI=1S/C13H14N4O2S2/c1-8(9-3-5-16-6-4-9)17-13-12(21(2,18)19)11(15)10(7-14)20-13/h3-6,8,17H,15H2,1-2H3. The van der Waals surface area contributed by atoms with E-state index in [2.05, 4.69) is 10.3 Å². The van der Waals surface area contributed by atoms with Gasteiger partial charge in [-0.1, -0.05) is 0 Å². The molecule has 2 aromatic heterocycles. The first kappa shape index (κ1) is 15.3. The molecule has 1 atom stereocenters. The number of nitrogens with two attached hydrogens (primary N) is 1. The number of nitrogens with one attached hydrogen (secondary N) is 1. The van der Waals surface area contributed by atoms with Crippen LogP contribution in [0, 0.1) is 11.3 Å². The number of nitriles is 1. The predicted molar refractivity (Wildman–Crippen MR) is 82.8 cm³/mol. The highest BCUT2D eigenvalue weighted by Gasteiger charge is 2.25. The lowest BCUT2D eigenvalue weighted by Gasteiger charge is -2.15. The fourth-order valence-corrected chi connectivity index (χ4v) is 4.35. The fourth-order valence-electron chi connectivity index (χ4n) is 1.91. The Labute approximate surface area is 127 Å². The number of nitrogen functional groups attached to an aromatic ring is 1. The first-order valence-corrected chi connectivity index (χ1v) is 8.74. The third kappa shape index (κ3) is 3.15. The van der Waals surface area contributed by atoms with E-state index in [0.29, 0.717) is 5.00 Å². The van der Waals surface area contributed by atoms with E-state index in [9.17, 15) is 8.42 Å². The Morgan fingerprint density at radius 1 is 1.43 bits per heavy atom. The highest BCUT2D eigenvalue weighted by Crippen LogP contribution is 2.40. The molecule has 110 valence electrons. The topological polar surface area (TPSA) is 109 Å². The Hall–Kier alpha value is -2.11. The highest BCUT2D eigenvalue weighted by atomic mass is 32.2. The largest absolute Gasteiger partial charge is 0.396 e. The number of thiophene rings is 1. The smallest absolute Gasteiger partial charge is 0.180 e. The van der Waals surface area contributed by atoms with E-state index in [1.54, 1.807) is 12.4 Å². The number of anilines is 2. The Morgan fingerprint density at radius 3 is 2.57 bits per heavy atom. The zero-order valence-corrected chi connectivity index (χ0v) is 13.1. The fraction of sp³-hybridized carbons (Fsp3) is 0.231. The molecule has 3 N–H and O–H groups in total. The van der Waals surface area contributed by atoms with Gasteiger partial charge in [-0.25, -0.2) is 8.42 Å². The van der Waals surface area contributed by atoms with Crippen molar-refractivity contribution in [3.63, 3.8) is 0 Å². The Morgan fingerprint density at radius 2 is 2.05 bits per heavy atom. The van der Waals surface area contributed by atoms with Crippen LogP contribution < -0.4 is 11.1 Å². The summed E-state index contributed by atoms with van der Waals surface area (Å²) in [5.74, 6) is 0. The maximum atomic E-state index is 11.9. The summed E-state index contributed by atoms with van der Waals surface area (Å²) in [6, 6.07) is 5.45. The third-order valence-electron chi connectivity index (χ3n) is 2.93. The van der Waals surface area contributed by atoms with Crippen molar-refractivity contribution >= 4 is 31.9 Å². The van der Waals surface area contributed by atoms with Crippen LogP contribution in [0.15, 0.2) is 29.4 Å². The molecule has 2 rings (SSSR count). The summed E-state index contributed by atoms with van der Waals surface area (Å²) in [5, 5.41) is 12.5. The first-order chi connectivity index (χ1) is 9.84. The molecule has 6 nitrogen and oxygen atoms in total. The zero-order chi connectivity index (χ0) is 15.6. The van der Waals surface area contributed by atoms with Crippen LogP contribution in [0.2, 0.25) is 0 Å². The minimum atomic E-state index is -3.52. The Kier molecular flexibility index (Phi) is 4.16. The second-order valence-electron chi connectivity index (χ2n) is 4.53. The van der Waals surface area contributed by atoms with Gasteiger partial charge in [0.2, 0.25) is 0 Å². The van der Waals surface area contributed by atoms with E-state index < -0.39 is 9.84 Å². The van der Waals surface area contributed by atoms with Crippen molar-refractivity contribution in [3.05, 3.63) is 35.0 Å². The van der Waals surface area contributed by atoms with Crippen molar-refractivity contribution in [1.82, 2.24) is 4.98 Å². The maximum Gasteiger partial charge on any atom is 0.180 e. The summed E-state index contributed by atoms with van der Waals surface area (Å²) in [5.41, 5.74) is 6.74. The molecule has 2 heterocycles. The van der Waals surface area contributed by atoms with Crippen LogP contribution in [-0.2, 0) is 9.84 Å². The molecular formula is C13H14N4O2S2. The zero-order valence-electron chi connectivity index (χ0n) is 11.5. The predicted octanol–water partition coefficient (Wildman–Crippen LogP) is 2.17. The van der Waals surface area contributed by atoms with E-state index in [1.165, 1.54) is 0 Å². The summed E-state index contributed by atoms with van der Waals surface area (Å²) in [7, 11) is -3.52. The van der Waals surface area contributed by atoms with Crippen LogP contribution in [0.4, 0.5) is 10.7 Å². The lowest BCUT2D eigenvalue weighted by molar-refractivity contribution is 0.602. The van der Waals surface area contributed by atoms with Crippen molar-refractivity contribution in [2.75, 3.05) is 17.3 Å². The number of rotatable bonds is 4. The quantitative estimate of drug-likeness (QED) is 0.893. The van der Waals surface area contributed by atoms with Crippen LogP contribution in [0.25, 0.3) is 0 Å². The Bertz CT molecular complexity index is 792. The van der Waals surface area contributed by atoms with Gasteiger partial charge in [0.05, 0.1) is 5.69 Å². The number of nitrogens with zero attached hydrogens (tertiary/aromatic N) is 2. The molecule has 0 fully saturated rings. The molecule has 1 unspecified atom stereocenters. The van der Waals surface area contributed by atoms with Crippen molar-refractivity contribution in [2.24, 2.45) is 0 Å². The van der Waals surface area contributed by atoms with E-state index in [0.717, 1.165) is 23.2 Å². The van der Waals surface area contributed by atoms with E-state index >= 15 is 0 Å². The number of hydrogen-bond donors (Lipinski definition) is 2. The number of hydrogen-bond acceptors (Lipinski definition) is 7. The number of aromatic nitrogens is 1. The van der Waals surface area contributed by atoms with Gasteiger partial charge in [0.15, 0.2) is 9.84 Å². The average molecular weight is 322 g/mol. The molecule has 21 heavy (non-hydrogen) atoms. The van der Waals surface area contributed by atoms with Gasteiger partial charge in [-0.05, 0) is 24.6 Å². The first-order valence-electron chi connectivity index (χ1n) is 6.03. The molecule has 0 spiro atoms. The molecule has 0 radical (unpaired) electrons. The van der Waals surface area contributed by atoms with Crippen molar-refractivity contribution in [1.29, 1.82) is 5.26 Å².